The summed E-state index contributed by atoms with van der Waals surface area (Å²) >= 11 is 0. The highest BCUT2D eigenvalue weighted by Gasteiger charge is 2.34. The molecule has 0 unspecified atom stereocenters. The van der Waals surface area contributed by atoms with Crippen molar-refractivity contribution in [3.05, 3.63) is 36.5 Å². The van der Waals surface area contributed by atoms with Crippen LogP contribution >= 0.6 is 0 Å². The molecular formula is C24H32N4O. The van der Waals surface area contributed by atoms with Crippen molar-refractivity contribution in [1.29, 1.82) is 0 Å². The van der Waals surface area contributed by atoms with Crippen molar-refractivity contribution in [2.75, 3.05) is 44.2 Å². The van der Waals surface area contributed by atoms with Gasteiger partial charge in [-0.2, -0.15) is 0 Å². The molecule has 3 aliphatic rings. The van der Waals surface area contributed by atoms with Crippen LogP contribution in [0.3, 0.4) is 0 Å². The van der Waals surface area contributed by atoms with Crippen LogP contribution in [0.5, 0.6) is 0 Å². The van der Waals surface area contributed by atoms with E-state index in [0.29, 0.717) is 11.9 Å². The second-order valence-electron chi connectivity index (χ2n) is 8.93. The van der Waals surface area contributed by atoms with E-state index in [2.05, 4.69) is 50.0 Å². The lowest BCUT2D eigenvalue weighted by molar-refractivity contribution is -0.136. The van der Waals surface area contributed by atoms with Crippen LogP contribution in [0.2, 0.25) is 0 Å². The van der Waals surface area contributed by atoms with Crippen molar-refractivity contribution in [2.45, 2.75) is 44.6 Å². The van der Waals surface area contributed by atoms with Gasteiger partial charge in [-0.05, 0) is 57.2 Å². The fourth-order valence-electron chi connectivity index (χ4n) is 5.56. The number of para-hydroxylation sites is 1. The molecule has 1 aromatic carbocycles. The number of carbonyl (C=O) groups is 1. The van der Waals surface area contributed by atoms with Crippen molar-refractivity contribution < 1.29 is 4.79 Å². The Bertz CT molecular complexity index is 850. The number of anilines is 1. The van der Waals surface area contributed by atoms with Crippen molar-refractivity contribution in [2.24, 2.45) is 5.92 Å². The quantitative estimate of drug-likeness (QED) is 0.801. The van der Waals surface area contributed by atoms with E-state index in [0.717, 1.165) is 51.2 Å². The molecule has 5 heteroatoms. The van der Waals surface area contributed by atoms with E-state index >= 15 is 0 Å². The van der Waals surface area contributed by atoms with Gasteiger partial charge >= 0.3 is 0 Å². The lowest BCUT2D eigenvalue weighted by atomic mass is 9.92. The first-order chi connectivity index (χ1) is 14.3. The lowest BCUT2D eigenvalue weighted by Crippen LogP contribution is -2.51. The van der Waals surface area contributed by atoms with E-state index in [1.54, 1.807) is 0 Å². The minimum atomic E-state index is 0.226. The zero-order chi connectivity index (χ0) is 19.6. The maximum atomic E-state index is 12.9. The summed E-state index contributed by atoms with van der Waals surface area (Å²) in [4.78, 5) is 24.7. The third-order valence-electron chi connectivity index (χ3n) is 7.17. The Morgan fingerprint density at radius 1 is 0.897 bits per heavy atom. The number of rotatable bonds is 3. The van der Waals surface area contributed by atoms with Gasteiger partial charge in [0.15, 0.2) is 0 Å². The number of likely N-dealkylation sites (tertiary alicyclic amines) is 2. The third-order valence-corrected chi connectivity index (χ3v) is 7.17. The van der Waals surface area contributed by atoms with E-state index in [1.807, 2.05) is 6.20 Å². The Morgan fingerprint density at radius 3 is 2.52 bits per heavy atom. The maximum Gasteiger partial charge on any atom is 0.226 e. The van der Waals surface area contributed by atoms with E-state index in [4.69, 9.17) is 0 Å². The highest BCUT2D eigenvalue weighted by atomic mass is 16.2. The predicted molar refractivity (Wildman–Crippen MR) is 117 cm³/mol. The zero-order valence-corrected chi connectivity index (χ0v) is 17.3. The summed E-state index contributed by atoms with van der Waals surface area (Å²) in [5.41, 5.74) is 2.39. The molecule has 0 saturated carbocycles. The van der Waals surface area contributed by atoms with Crippen LogP contribution in [0.1, 0.15) is 38.5 Å². The molecule has 1 amide bonds. The van der Waals surface area contributed by atoms with Crippen molar-refractivity contribution in [1.82, 2.24) is 14.8 Å². The molecule has 0 aliphatic carbocycles. The van der Waals surface area contributed by atoms with E-state index < -0.39 is 0 Å². The van der Waals surface area contributed by atoms with E-state index in [1.165, 1.54) is 43.2 Å². The van der Waals surface area contributed by atoms with Gasteiger partial charge in [-0.15, -0.1) is 0 Å². The largest absolute Gasteiger partial charge is 0.371 e. The Balaban J connectivity index is 1.22. The molecule has 1 aromatic heterocycles. The van der Waals surface area contributed by atoms with Crippen molar-refractivity contribution in [3.8, 4) is 0 Å². The van der Waals surface area contributed by atoms with Gasteiger partial charge in [0, 0.05) is 56.0 Å². The molecular weight excluding hydrogens is 360 g/mol. The predicted octanol–water partition coefficient (Wildman–Crippen LogP) is 3.54. The summed E-state index contributed by atoms with van der Waals surface area (Å²) in [5.74, 6) is 0.650. The summed E-state index contributed by atoms with van der Waals surface area (Å²) in [6, 6.07) is 11.2. The SMILES string of the molecule is O=C([C@@H]1CCCN(C2CCN(c3ccnc4ccccc34)CC2)C1)N1CCCC1. The molecule has 3 fully saturated rings. The normalized spacial score (nSPS) is 24.3. The van der Waals surface area contributed by atoms with E-state index in [9.17, 15) is 4.79 Å². The van der Waals surface area contributed by atoms with Crippen LogP contribution < -0.4 is 4.90 Å². The molecule has 5 nitrogen and oxygen atoms in total. The van der Waals surface area contributed by atoms with Crippen LogP contribution in [-0.2, 0) is 4.79 Å². The van der Waals surface area contributed by atoms with Crippen LogP contribution in [0.15, 0.2) is 36.5 Å². The second-order valence-corrected chi connectivity index (χ2v) is 8.93. The van der Waals surface area contributed by atoms with Crippen molar-refractivity contribution in [3.63, 3.8) is 0 Å². The van der Waals surface area contributed by atoms with E-state index in [-0.39, 0.29) is 5.92 Å². The minimum Gasteiger partial charge on any atom is -0.371 e. The number of carbonyl (C=O) groups excluding carboxylic acids is 1. The summed E-state index contributed by atoms with van der Waals surface area (Å²) in [5, 5.41) is 1.25. The van der Waals surface area contributed by atoms with Gasteiger partial charge in [-0.25, -0.2) is 0 Å². The summed E-state index contributed by atoms with van der Waals surface area (Å²) in [6.07, 6.45) is 8.91. The first kappa shape index (κ1) is 18.9. The standard InChI is InChI=1S/C24H32N4O/c29-24(27-13-3-4-14-27)19-6-5-15-28(18-19)20-10-16-26(17-11-20)23-9-12-25-22-8-2-1-7-21(22)23/h1-2,7-9,12,19-20H,3-6,10-11,13-18H2/t19-/m1/s1. The molecule has 2 aromatic rings. The summed E-state index contributed by atoms with van der Waals surface area (Å²) in [6.45, 7) is 6.26. The fourth-order valence-corrected chi connectivity index (χ4v) is 5.56. The first-order valence-corrected chi connectivity index (χ1v) is 11.4. The number of benzene rings is 1. The number of hydrogen-bond acceptors (Lipinski definition) is 4. The average Bonchev–Trinajstić information content (AvgIpc) is 3.33. The second kappa shape index (κ2) is 8.31. The van der Waals surface area contributed by atoms with Crippen molar-refractivity contribution >= 4 is 22.5 Å². The number of pyridine rings is 1. The van der Waals surface area contributed by atoms with Gasteiger partial charge in [-0.3, -0.25) is 14.7 Å². The highest BCUT2D eigenvalue weighted by Crippen LogP contribution is 2.30. The summed E-state index contributed by atoms with van der Waals surface area (Å²) in [7, 11) is 0. The molecule has 3 saturated heterocycles. The summed E-state index contributed by atoms with van der Waals surface area (Å²) < 4.78 is 0. The number of amides is 1. The Kier molecular flexibility index (Phi) is 5.40. The van der Waals surface area contributed by atoms with Crippen LogP contribution in [0.25, 0.3) is 10.9 Å². The molecule has 5 rings (SSSR count). The smallest absolute Gasteiger partial charge is 0.226 e. The molecule has 0 radical (unpaired) electrons. The monoisotopic (exact) mass is 392 g/mol. The minimum absolute atomic E-state index is 0.226. The highest BCUT2D eigenvalue weighted by molar-refractivity contribution is 5.91. The molecule has 29 heavy (non-hydrogen) atoms. The average molecular weight is 393 g/mol. The Hall–Kier alpha value is -2.14. The molecule has 0 spiro atoms. The van der Waals surface area contributed by atoms with Crippen LogP contribution in [-0.4, -0.2) is 66.0 Å². The number of nitrogens with zero attached hydrogens (tertiary/aromatic N) is 4. The maximum absolute atomic E-state index is 12.9. The van der Waals surface area contributed by atoms with Gasteiger partial charge in [0.05, 0.1) is 11.4 Å². The Labute approximate surface area is 173 Å². The molecule has 3 aliphatic heterocycles. The number of hydrogen-bond donors (Lipinski definition) is 0. The number of aromatic nitrogens is 1. The number of fused-ring (bicyclic) bond motifs is 1. The number of piperidine rings is 2. The molecule has 4 heterocycles. The molecule has 1 atom stereocenters. The van der Waals surface area contributed by atoms with Gasteiger partial charge in [0.25, 0.3) is 0 Å². The lowest BCUT2D eigenvalue weighted by Gasteiger charge is -2.43. The third kappa shape index (κ3) is 3.85. The Morgan fingerprint density at radius 2 is 1.69 bits per heavy atom. The molecule has 0 N–H and O–H groups in total. The van der Waals surface area contributed by atoms with Gasteiger partial charge < -0.3 is 9.80 Å². The molecule has 154 valence electrons. The van der Waals surface area contributed by atoms with Gasteiger partial charge in [0.1, 0.15) is 0 Å². The fraction of sp³-hybridized carbons (Fsp3) is 0.583. The molecule has 0 bridgehead atoms. The topological polar surface area (TPSA) is 39.7 Å². The van der Waals surface area contributed by atoms with Gasteiger partial charge in [0.2, 0.25) is 5.91 Å². The van der Waals surface area contributed by atoms with Crippen LogP contribution in [0, 0.1) is 5.92 Å². The van der Waals surface area contributed by atoms with Gasteiger partial charge in [-0.1, -0.05) is 18.2 Å². The van der Waals surface area contributed by atoms with Crippen LogP contribution in [0.4, 0.5) is 5.69 Å². The zero-order valence-electron chi connectivity index (χ0n) is 17.3. The first-order valence-electron chi connectivity index (χ1n) is 11.4.